The van der Waals surface area contributed by atoms with Crippen LogP contribution in [0.2, 0.25) is 34.5 Å². The van der Waals surface area contributed by atoms with Gasteiger partial charge >= 0.3 is 86.3 Å². The average Bonchev–Trinajstić information content (AvgIpc) is 1.82. The minimum absolute atomic E-state index is 0.193. The first-order chi connectivity index (χ1) is 5.55. The summed E-state index contributed by atoms with van der Waals surface area (Å²) in [6, 6.07) is 0. The fourth-order valence-corrected chi connectivity index (χ4v) is 3.57. The molecule has 0 radical (unpaired) electrons. The van der Waals surface area contributed by atoms with Crippen LogP contribution in [0.4, 0.5) is 0 Å². The first-order valence-electron chi connectivity index (χ1n) is 4.51. The number of rotatable bonds is 3. The third-order valence-corrected chi connectivity index (χ3v) is 8.71. The molecule has 0 saturated carbocycles. The molecule has 0 heterocycles. The predicted molar refractivity (Wildman–Crippen MR) is 62.4 cm³/mol. The fourth-order valence-electron chi connectivity index (χ4n) is 0.557. The molecule has 0 aromatic carbocycles. The van der Waals surface area contributed by atoms with Crippen molar-refractivity contribution < 1.29 is 9.90 Å². The number of carbonyl (C=O) groups is 1. The van der Waals surface area contributed by atoms with Crippen molar-refractivity contribution in [2.45, 2.75) is 34.5 Å². The van der Waals surface area contributed by atoms with Gasteiger partial charge in [-0.1, -0.05) is 0 Å². The van der Waals surface area contributed by atoms with Gasteiger partial charge in [-0.15, -0.1) is 0 Å². The number of hydrogen-bond acceptors (Lipinski definition) is 2. The van der Waals surface area contributed by atoms with Gasteiger partial charge in [-0.25, -0.2) is 0 Å². The molecule has 1 N–H and O–H groups in total. The van der Waals surface area contributed by atoms with E-state index in [0.717, 1.165) is 0 Å². The molecule has 0 aromatic rings. The number of allylic oxidation sites excluding steroid dienone is 1. The number of aliphatic hydroxyl groups is 1. The first kappa shape index (κ1) is 13.3. The van der Waals surface area contributed by atoms with E-state index in [9.17, 15) is 9.90 Å². The molecule has 0 aromatic heterocycles. The van der Waals surface area contributed by atoms with Crippen LogP contribution in [0.15, 0.2) is 10.7 Å². The Bertz CT molecular complexity index is 231. The molecule has 4 heteroatoms. The zero-order valence-corrected chi connectivity index (χ0v) is 13.6. The molecule has 0 rings (SSSR count). The maximum absolute atomic E-state index is 11.6. The van der Waals surface area contributed by atoms with Crippen LogP contribution in [0.3, 0.4) is 0 Å². The van der Waals surface area contributed by atoms with Crippen molar-refractivity contribution in [1.29, 1.82) is 0 Å². The van der Waals surface area contributed by atoms with E-state index in [0.29, 0.717) is 4.59 Å². The standard InChI is InChI=1S/C9H20Ge2O2/c1-10(2,3)8(12)7-9(13)11(4,5)6/h7,12H,1-6H3/b8-7-. The molecule has 0 atom stereocenters. The van der Waals surface area contributed by atoms with E-state index < -0.39 is 26.5 Å². The molecule has 0 unspecified atom stereocenters. The zero-order valence-electron chi connectivity index (χ0n) is 9.43. The summed E-state index contributed by atoms with van der Waals surface area (Å²) in [6.07, 6.45) is 1.50. The van der Waals surface area contributed by atoms with E-state index in [4.69, 9.17) is 0 Å². The van der Waals surface area contributed by atoms with E-state index >= 15 is 0 Å². The van der Waals surface area contributed by atoms with Crippen LogP contribution in [0.25, 0.3) is 0 Å². The van der Waals surface area contributed by atoms with Crippen LogP contribution >= 0.6 is 0 Å². The summed E-state index contributed by atoms with van der Waals surface area (Å²) in [7, 11) is 0. The van der Waals surface area contributed by atoms with E-state index in [1.807, 2.05) is 17.3 Å². The van der Waals surface area contributed by atoms with Crippen LogP contribution in [0.5, 0.6) is 0 Å². The van der Waals surface area contributed by atoms with Crippen LogP contribution in [0, 0.1) is 0 Å². The van der Waals surface area contributed by atoms with Crippen LogP contribution < -0.4 is 0 Å². The number of aliphatic hydroxyl groups excluding tert-OH is 1. The van der Waals surface area contributed by atoms with E-state index in [2.05, 4.69) is 17.3 Å². The molecular weight excluding hydrogens is 285 g/mol. The maximum atomic E-state index is 11.6. The van der Waals surface area contributed by atoms with Gasteiger partial charge in [0.25, 0.3) is 0 Å². The monoisotopic (exact) mass is 308 g/mol. The molecule has 0 aliphatic heterocycles. The summed E-state index contributed by atoms with van der Waals surface area (Å²) < 4.78 is 0.573. The quantitative estimate of drug-likeness (QED) is 0.494. The summed E-state index contributed by atoms with van der Waals surface area (Å²) >= 11 is -4.38. The van der Waals surface area contributed by atoms with Gasteiger partial charge in [0.05, 0.1) is 0 Å². The molecular formula is C9H20Ge2O2. The van der Waals surface area contributed by atoms with Crippen molar-refractivity contribution in [1.82, 2.24) is 0 Å². The van der Waals surface area contributed by atoms with Gasteiger partial charge in [0.2, 0.25) is 0 Å². The average molecular weight is 305 g/mol. The molecule has 0 spiro atoms. The van der Waals surface area contributed by atoms with Crippen molar-refractivity contribution >= 4 is 31.1 Å². The van der Waals surface area contributed by atoms with Crippen LogP contribution in [0.1, 0.15) is 0 Å². The number of hydrogen-bond donors (Lipinski definition) is 1. The Morgan fingerprint density at radius 3 is 1.62 bits per heavy atom. The Balaban J connectivity index is 4.70. The van der Waals surface area contributed by atoms with E-state index in [1.54, 1.807) is 0 Å². The summed E-state index contributed by atoms with van der Waals surface area (Å²) in [5.41, 5.74) is 0. The van der Waals surface area contributed by atoms with Gasteiger partial charge in [0, 0.05) is 0 Å². The Labute approximate surface area is 86.1 Å². The molecule has 2 nitrogen and oxygen atoms in total. The molecule has 0 aliphatic carbocycles. The second-order valence-corrected chi connectivity index (χ2v) is 26.4. The second-order valence-electron chi connectivity index (χ2n) is 5.39. The van der Waals surface area contributed by atoms with Crippen molar-refractivity contribution in [2.75, 3.05) is 0 Å². The van der Waals surface area contributed by atoms with Gasteiger partial charge in [-0.05, 0) is 0 Å². The summed E-state index contributed by atoms with van der Waals surface area (Å²) in [5, 5.41) is 9.67. The van der Waals surface area contributed by atoms with E-state index in [1.165, 1.54) is 6.08 Å². The second kappa shape index (κ2) is 4.21. The summed E-state index contributed by atoms with van der Waals surface area (Å²) in [4.78, 5) is 11.6. The molecule has 0 aliphatic rings. The molecule has 0 fully saturated rings. The number of carbonyl (C=O) groups excluding carboxylic acids is 1. The van der Waals surface area contributed by atoms with Gasteiger partial charge < -0.3 is 0 Å². The van der Waals surface area contributed by atoms with Crippen molar-refractivity contribution in [3.05, 3.63) is 10.7 Å². The molecule has 76 valence electrons. The van der Waals surface area contributed by atoms with Gasteiger partial charge in [-0.3, -0.25) is 0 Å². The SMILES string of the molecule is [CH3][Ge]([CH3])([CH3])[C](=O)/C=[C](\O)[Ge]([CH3])([CH3])[CH3]. The Hall–Kier alpha value is 0.296. The first-order valence-corrected chi connectivity index (χ1v) is 19.2. The third kappa shape index (κ3) is 4.91. The van der Waals surface area contributed by atoms with Crippen molar-refractivity contribution in [3.8, 4) is 0 Å². The van der Waals surface area contributed by atoms with E-state index in [-0.39, 0.29) is 4.62 Å². The van der Waals surface area contributed by atoms with Crippen molar-refractivity contribution in [2.24, 2.45) is 0 Å². The fraction of sp³-hybridized carbons (Fsp3) is 0.667. The van der Waals surface area contributed by atoms with Crippen LogP contribution in [-0.4, -0.2) is 36.3 Å². The van der Waals surface area contributed by atoms with Gasteiger partial charge in [-0.2, -0.15) is 0 Å². The topological polar surface area (TPSA) is 37.3 Å². The predicted octanol–water partition coefficient (Wildman–Crippen LogP) is 2.75. The van der Waals surface area contributed by atoms with Crippen molar-refractivity contribution in [3.63, 3.8) is 0 Å². The van der Waals surface area contributed by atoms with Gasteiger partial charge in [0.1, 0.15) is 0 Å². The van der Waals surface area contributed by atoms with Gasteiger partial charge in [0.15, 0.2) is 0 Å². The Morgan fingerprint density at radius 1 is 1.00 bits per heavy atom. The summed E-state index contributed by atoms with van der Waals surface area (Å²) in [6.45, 7) is 0. The zero-order chi connectivity index (χ0) is 10.9. The molecule has 0 bridgehead atoms. The molecule has 0 saturated heterocycles. The third-order valence-electron chi connectivity index (χ3n) is 1.78. The minimum atomic E-state index is -2.22. The normalized spacial score (nSPS) is 14.5. The van der Waals surface area contributed by atoms with Crippen LogP contribution in [-0.2, 0) is 4.79 Å². The molecule has 13 heavy (non-hydrogen) atoms. The Kier molecular flexibility index (Phi) is 4.31. The Morgan fingerprint density at radius 2 is 1.38 bits per heavy atom. The summed E-state index contributed by atoms with van der Waals surface area (Å²) in [5.74, 6) is 12.4. The molecule has 0 amide bonds.